The normalized spacial score (nSPS) is 14.7. The van der Waals surface area contributed by atoms with E-state index in [4.69, 9.17) is 9.15 Å². The van der Waals surface area contributed by atoms with Crippen molar-refractivity contribution in [3.8, 4) is 0 Å². The van der Waals surface area contributed by atoms with Crippen LogP contribution in [0.1, 0.15) is 29.6 Å². The van der Waals surface area contributed by atoms with Gasteiger partial charge in [0.25, 0.3) is 0 Å². The predicted molar refractivity (Wildman–Crippen MR) is 159 cm³/mol. The fraction of sp³-hybridized carbons (Fsp3) is 0.152. The molecule has 2 heterocycles. The van der Waals surface area contributed by atoms with Crippen molar-refractivity contribution in [1.82, 2.24) is 4.31 Å². The summed E-state index contributed by atoms with van der Waals surface area (Å²) < 4.78 is 39.7. The van der Waals surface area contributed by atoms with Gasteiger partial charge in [-0.15, -0.1) is 0 Å². The molecule has 0 saturated carbocycles. The van der Waals surface area contributed by atoms with Gasteiger partial charge in [0, 0.05) is 24.0 Å². The van der Waals surface area contributed by atoms with Crippen LogP contribution in [0.3, 0.4) is 0 Å². The number of benzene rings is 3. The van der Waals surface area contributed by atoms with Crippen LogP contribution in [-0.2, 0) is 37.4 Å². The molecule has 1 aliphatic heterocycles. The summed E-state index contributed by atoms with van der Waals surface area (Å²) in [4.78, 5) is 27.7. The first-order valence-corrected chi connectivity index (χ1v) is 14.7. The molecule has 4 aromatic rings. The van der Waals surface area contributed by atoms with Gasteiger partial charge in [-0.1, -0.05) is 66.2 Å². The minimum absolute atomic E-state index is 0.0324. The summed E-state index contributed by atoms with van der Waals surface area (Å²) in [6.45, 7) is 3.69. The zero-order valence-corrected chi connectivity index (χ0v) is 24.3. The maximum atomic E-state index is 13.7. The molecule has 5 rings (SSSR count). The van der Waals surface area contributed by atoms with Gasteiger partial charge < -0.3 is 14.1 Å². The molecule has 0 aliphatic carbocycles. The quantitative estimate of drug-likeness (QED) is 0.139. The largest absolute Gasteiger partial charge is 0.465 e. The molecule has 0 bridgehead atoms. The number of Topliss-reactive ketones (excluding diaryl/α,β-unsaturated/α-hetero) is 1. The third-order valence-corrected chi connectivity index (χ3v) is 8.76. The summed E-state index contributed by atoms with van der Waals surface area (Å²) in [7, 11) is -2.64. The lowest BCUT2D eigenvalue weighted by Gasteiger charge is -2.22. The van der Waals surface area contributed by atoms with Crippen LogP contribution < -0.4 is 4.90 Å². The second-order valence-electron chi connectivity index (χ2n) is 9.86. The van der Waals surface area contributed by atoms with Crippen molar-refractivity contribution >= 4 is 33.5 Å². The molecule has 0 atom stereocenters. The van der Waals surface area contributed by atoms with E-state index in [0.717, 1.165) is 11.1 Å². The third-order valence-electron chi connectivity index (χ3n) is 6.96. The first-order chi connectivity index (χ1) is 20.2. The lowest BCUT2D eigenvalue weighted by Crippen LogP contribution is -2.30. The van der Waals surface area contributed by atoms with Crippen molar-refractivity contribution in [2.24, 2.45) is 0 Å². The Hall–Kier alpha value is -4.73. The average molecular weight is 583 g/mol. The summed E-state index contributed by atoms with van der Waals surface area (Å²) in [5.74, 6) is -0.489. The minimum atomic E-state index is -3.87. The van der Waals surface area contributed by atoms with E-state index in [2.05, 4.69) is 0 Å². The van der Waals surface area contributed by atoms with E-state index in [1.165, 1.54) is 11.4 Å². The van der Waals surface area contributed by atoms with Crippen molar-refractivity contribution in [2.45, 2.75) is 31.8 Å². The van der Waals surface area contributed by atoms with Gasteiger partial charge in [0.1, 0.15) is 17.1 Å². The van der Waals surface area contributed by atoms with E-state index < -0.39 is 21.8 Å². The van der Waals surface area contributed by atoms with Gasteiger partial charge in [-0.3, -0.25) is 4.79 Å². The number of hydrogen-bond acceptors (Lipinski definition) is 7. The fourth-order valence-corrected chi connectivity index (χ4v) is 6.20. The number of methoxy groups -OCH3 is 1. The number of aryl methyl sites for hydroxylation is 1. The van der Waals surface area contributed by atoms with E-state index in [1.807, 2.05) is 67.6 Å². The number of anilines is 1. The SMILES string of the molecule is COC(=O)C1=C(C)N(c2ccccc2)/C(=C/c2ccc(CN(Cc3ccccc3)S(=O)(=O)c3ccc(C)cc3)o2)C1=O. The third kappa shape index (κ3) is 5.83. The number of sulfonamides is 1. The maximum absolute atomic E-state index is 13.7. The Morgan fingerprint density at radius 2 is 1.52 bits per heavy atom. The van der Waals surface area contributed by atoms with E-state index in [9.17, 15) is 18.0 Å². The highest BCUT2D eigenvalue weighted by Crippen LogP contribution is 2.36. The van der Waals surface area contributed by atoms with Gasteiger partial charge in [-0.05, 0) is 55.8 Å². The van der Waals surface area contributed by atoms with E-state index >= 15 is 0 Å². The molecule has 0 N–H and O–H groups in total. The topological polar surface area (TPSA) is 97.1 Å². The molecule has 0 fully saturated rings. The molecular formula is C33H30N2O6S. The van der Waals surface area contributed by atoms with E-state index in [-0.39, 0.29) is 29.3 Å². The predicted octanol–water partition coefficient (Wildman–Crippen LogP) is 5.86. The standard InChI is InChI=1S/C33H30N2O6S/c1-23-14-18-29(19-15-23)42(38,39)34(21-25-10-6-4-7-11-25)22-28-17-16-27(41-28)20-30-32(36)31(33(37)40-3)24(2)35(30)26-12-8-5-9-13-26/h4-20H,21-22H2,1-3H3/b30-20+. The van der Waals surface area contributed by atoms with Crippen LogP contribution in [0.2, 0.25) is 0 Å². The summed E-state index contributed by atoms with van der Waals surface area (Å²) >= 11 is 0. The molecule has 0 saturated heterocycles. The highest BCUT2D eigenvalue weighted by molar-refractivity contribution is 7.89. The minimum Gasteiger partial charge on any atom is -0.465 e. The molecule has 0 unspecified atom stereocenters. The van der Waals surface area contributed by atoms with Gasteiger partial charge in [-0.2, -0.15) is 4.31 Å². The molecular weight excluding hydrogens is 552 g/mol. The fourth-order valence-electron chi connectivity index (χ4n) is 4.81. The Balaban J connectivity index is 1.48. The average Bonchev–Trinajstić information content (AvgIpc) is 3.54. The van der Waals surface area contributed by atoms with Gasteiger partial charge in [0.2, 0.25) is 15.8 Å². The monoisotopic (exact) mass is 582 g/mol. The zero-order chi connectivity index (χ0) is 29.9. The van der Waals surface area contributed by atoms with Gasteiger partial charge in [0.15, 0.2) is 0 Å². The second kappa shape index (κ2) is 12.0. The molecule has 1 aromatic heterocycles. The second-order valence-corrected chi connectivity index (χ2v) is 11.8. The molecule has 0 radical (unpaired) electrons. The molecule has 0 amide bonds. The van der Waals surface area contributed by atoms with Crippen LogP contribution in [0.15, 0.2) is 123 Å². The molecule has 3 aromatic carbocycles. The highest BCUT2D eigenvalue weighted by atomic mass is 32.2. The van der Waals surface area contributed by atoms with Gasteiger partial charge >= 0.3 is 5.97 Å². The van der Waals surface area contributed by atoms with Crippen LogP contribution in [0, 0.1) is 6.92 Å². The van der Waals surface area contributed by atoms with Crippen molar-refractivity contribution in [2.75, 3.05) is 12.0 Å². The first kappa shape index (κ1) is 28.8. The Kier molecular flexibility index (Phi) is 8.24. The van der Waals surface area contributed by atoms with Crippen LogP contribution >= 0.6 is 0 Å². The number of hydrogen-bond donors (Lipinski definition) is 0. The van der Waals surface area contributed by atoms with Crippen molar-refractivity contribution in [3.63, 3.8) is 0 Å². The first-order valence-electron chi connectivity index (χ1n) is 13.3. The number of ketones is 1. The lowest BCUT2D eigenvalue weighted by atomic mass is 10.1. The Morgan fingerprint density at radius 1 is 0.881 bits per heavy atom. The maximum Gasteiger partial charge on any atom is 0.343 e. The summed E-state index contributed by atoms with van der Waals surface area (Å²) in [5, 5.41) is 0. The van der Waals surface area contributed by atoms with Crippen LogP contribution in [-0.4, -0.2) is 31.6 Å². The molecule has 8 nitrogen and oxygen atoms in total. The number of allylic oxidation sites excluding steroid dienone is 2. The molecule has 9 heteroatoms. The van der Waals surface area contributed by atoms with E-state index in [0.29, 0.717) is 22.9 Å². The number of para-hydroxylation sites is 1. The summed E-state index contributed by atoms with van der Waals surface area (Å²) in [6, 6.07) is 28.6. The van der Waals surface area contributed by atoms with Crippen molar-refractivity contribution < 1.29 is 27.2 Å². The van der Waals surface area contributed by atoms with Gasteiger partial charge in [-0.25, -0.2) is 13.2 Å². The number of carbonyl (C=O) groups excluding carboxylic acids is 2. The zero-order valence-electron chi connectivity index (χ0n) is 23.5. The molecule has 0 spiro atoms. The number of furan rings is 1. The van der Waals surface area contributed by atoms with Crippen molar-refractivity contribution in [3.05, 3.63) is 137 Å². The number of carbonyl (C=O) groups is 2. The van der Waals surface area contributed by atoms with Crippen LogP contribution in [0.25, 0.3) is 6.08 Å². The van der Waals surface area contributed by atoms with E-state index in [1.54, 1.807) is 54.3 Å². The Morgan fingerprint density at radius 3 is 2.17 bits per heavy atom. The number of esters is 1. The molecule has 214 valence electrons. The lowest BCUT2D eigenvalue weighted by molar-refractivity contribution is -0.137. The highest BCUT2D eigenvalue weighted by Gasteiger charge is 2.38. The molecule has 1 aliphatic rings. The van der Waals surface area contributed by atoms with Gasteiger partial charge in [0.05, 0.1) is 24.2 Å². The van der Waals surface area contributed by atoms with Crippen molar-refractivity contribution in [1.29, 1.82) is 0 Å². The summed E-state index contributed by atoms with van der Waals surface area (Å²) in [6.07, 6.45) is 1.55. The van der Waals surface area contributed by atoms with Crippen LogP contribution in [0.5, 0.6) is 0 Å². The Labute approximate surface area is 245 Å². The number of ether oxygens (including phenoxy) is 1. The van der Waals surface area contributed by atoms with Crippen LogP contribution in [0.4, 0.5) is 5.69 Å². The smallest absolute Gasteiger partial charge is 0.343 e. The number of nitrogens with zero attached hydrogens (tertiary/aromatic N) is 2. The summed E-state index contributed by atoms with van der Waals surface area (Å²) in [5.41, 5.74) is 3.08. The molecule has 42 heavy (non-hydrogen) atoms. The Bertz CT molecular complexity index is 1770. The number of rotatable bonds is 9.